The second kappa shape index (κ2) is 7.91. The lowest BCUT2D eigenvalue weighted by molar-refractivity contribution is -0.137. The highest BCUT2D eigenvalue weighted by molar-refractivity contribution is 5.94. The van der Waals surface area contributed by atoms with Crippen LogP contribution in [0.1, 0.15) is 23.1 Å². The van der Waals surface area contributed by atoms with Gasteiger partial charge in [-0.15, -0.1) is 0 Å². The fraction of sp³-hybridized carbons (Fsp3) is 0.263. The molecule has 0 bridgehead atoms. The summed E-state index contributed by atoms with van der Waals surface area (Å²) in [5.74, 6) is -0.378. The summed E-state index contributed by atoms with van der Waals surface area (Å²) >= 11 is 0. The highest BCUT2D eigenvalue weighted by Gasteiger charge is 2.31. The van der Waals surface area contributed by atoms with Crippen LogP contribution in [0.2, 0.25) is 0 Å². The van der Waals surface area contributed by atoms with Crippen molar-refractivity contribution in [2.45, 2.75) is 19.0 Å². The summed E-state index contributed by atoms with van der Waals surface area (Å²) in [6.45, 7) is 0. The lowest BCUT2D eigenvalue weighted by atomic mass is 10.1. The molecular formula is C19H18F3N3O. The molecular weight excluding hydrogens is 343 g/mol. The van der Waals surface area contributed by atoms with Gasteiger partial charge in [0.1, 0.15) is 0 Å². The second-order valence-electron chi connectivity index (χ2n) is 5.98. The van der Waals surface area contributed by atoms with E-state index in [-0.39, 0.29) is 18.0 Å². The normalized spacial score (nSPS) is 10.9. The average Bonchev–Trinajstić information content (AvgIpc) is 2.59. The molecule has 0 aromatic heterocycles. The van der Waals surface area contributed by atoms with Gasteiger partial charge >= 0.3 is 6.18 Å². The SMILES string of the molecule is CN(C)c1ccc(C(F)(F)F)cc1NC(=O)CCc1ccc(C#N)cc1. The number of nitrogens with zero attached hydrogens (tertiary/aromatic N) is 2. The largest absolute Gasteiger partial charge is 0.416 e. The molecule has 0 saturated carbocycles. The van der Waals surface area contributed by atoms with Crippen molar-refractivity contribution in [2.24, 2.45) is 0 Å². The first-order valence-electron chi connectivity index (χ1n) is 7.88. The first kappa shape index (κ1) is 19.3. The van der Waals surface area contributed by atoms with Gasteiger partial charge in [0, 0.05) is 20.5 Å². The molecule has 136 valence electrons. The zero-order chi connectivity index (χ0) is 19.3. The molecule has 0 spiro atoms. The number of hydrogen-bond donors (Lipinski definition) is 1. The standard InChI is InChI=1S/C19H18F3N3O/c1-25(2)17-9-8-15(19(20,21)22)11-16(17)24-18(26)10-7-13-3-5-14(12-23)6-4-13/h3-6,8-9,11H,7,10H2,1-2H3,(H,24,26). The van der Waals surface area contributed by atoms with Gasteiger partial charge < -0.3 is 10.2 Å². The Kier molecular flexibility index (Phi) is 5.88. The summed E-state index contributed by atoms with van der Waals surface area (Å²) in [5, 5.41) is 11.3. The fourth-order valence-electron chi connectivity index (χ4n) is 2.42. The van der Waals surface area contributed by atoms with Crippen LogP contribution in [0.3, 0.4) is 0 Å². The smallest absolute Gasteiger partial charge is 0.376 e. The van der Waals surface area contributed by atoms with Gasteiger partial charge in [0.15, 0.2) is 0 Å². The Morgan fingerprint density at radius 2 is 1.81 bits per heavy atom. The Hall–Kier alpha value is -3.01. The van der Waals surface area contributed by atoms with E-state index in [1.165, 1.54) is 6.07 Å². The van der Waals surface area contributed by atoms with E-state index >= 15 is 0 Å². The van der Waals surface area contributed by atoms with Gasteiger partial charge in [-0.1, -0.05) is 12.1 Å². The molecule has 0 unspecified atom stereocenters. The molecule has 0 heterocycles. The minimum absolute atomic E-state index is 0.120. The Labute approximate surface area is 149 Å². The van der Waals surface area contributed by atoms with Crippen LogP contribution in [0, 0.1) is 11.3 Å². The van der Waals surface area contributed by atoms with Crippen LogP contribution in [-0.4, -0.2) is 20.0 Å². The van der Waals surface area contributed by atoms with Gasteiger partial charge in [-0.05, 0) is 42.3 Å². The molecule has 0 radical (unpaired) electrons. The first-order valence-corrected chi connectivity index (χ1v) is 7.88. The molecule has 1 amide bonds. The van der Waals surface area contributed by atoms with E-state index in [0.29, 0.717) is 17.7 Å². The minimum Gasteiger partial charge on any atom is -0.376 e. The van der Waals surface area contributed by atoms with Crippen molar-refractivity contribution in [1.82, 2.24) is 0 Å². The number of rotatable bonds is 5. The molecule has 0 atom stereocenters. The van der Waals surface area contributed by atoms with Crippen molar-refractivity contribution in [3.05, 3.63) is 59.2 Å². The summed E-state index contributed by atoms with van der Waals surface area (Å²) < 4.78 is 38.8. The Bertz CT molecular complexity index is 821. The third-order valence-electron chi connectivity index (χ3n) is 3.80. The molecule has 0 aliphatic heterocycles. The van der Waals surface area contributed by atoms with Crippen LogP contribution in [-0.2, 0) is 17.4 Å². The van der Waals surface area contributed by atoms with Gasteiger partial charge in [0.05, 0.1) is 28.6 Å². The van der Waals surface area contributed by atoms with Crippen molar-refractivity contribution in [2.75, 3.05) is 24.3 Å². The Morgan fingerprint density at radius 3 is 2.35 bits per heavy atom. The number of benzene rings is 2. The number of alkyl halides is 3. The van der Waals surface area contributed by atoms with Gasteiger partial charge in [-0.3, -0.25) is 4.79 Å². The minimum atomic E-state index is -4.48. The number of hydrogen-bond acceptors (Lipinski definition) is 3. The summed E-state index contributed by atoms with van der Waals surface area (Å²) in [7, 11) is 3.38. The van der Waals surface area contributed by atoms with E-state index < -0.39 is 11.7 Å². The fourth-order valence-corrected chi connectivity index (χ4v) is 2.42. The number of anilines is 2. The molecule has 2 rings (SSSR count). The quantitative estimate of drug-likeness (QED) is 0.868. The number of aryl methyl sites for hydroxylation is 1. The third kappa shape index (κ3) is 4.99. The number of amides is 1. The molecule has 0 aliphatic rings. The molecule has 4 nitrogen and oxygen atoms in total. The number of carbonyl (C=O) groups excluding carboxylic acids is 1. The predicted octanol–water partition coefficient (Wildman–Crippen LogP) is 4.21. The molecule has 2 aromatic carbocycles. The maximum Gasteiger partial charge on any atom is 0.416 e. The summed E-state index contributed by atoms with van der Waals surface area (Å²) in [4.78, 5) is 13.8. The molecule has 0 saturated heterocycles. The summed E-state index contributed by atoms with van der Waals surface area (Å²) in [5.41, 5.74) is 1.19. The van der Waals surface area contributed by atoms with E-state index in [2.05, 4.69) is 5.32 Å². The van der Waals surface area contributed by atoms with E-state index in [9.17, 15) is 18.0 Å². The van der Waals surface area contributed by atoms with Crippen molar-refractivity contribution in [3.63, 3.8) is 0 Å². The lowest BCUT2D eigenvalue weighted by Gasteiger charge is -2.20. The third-order valence-corrected chi connectivity index (χ3v) is 3.80. The zero-order valence-corrected chi connectivity index (χ0v) is 14.4. The summed E-state index contributed by atoms with van der Waals surface area (Å²) in [6, 6.07) is 12.1. The van der Waals surface area contributed by atoms with E-state index in [1.807, 2.05) is 6.07 Å². The zero-order valence-electron chi connectivity index (χ0n) is 14.4. The lowest BCUT2D eigenvalue weighted by Crippen LogP contribution is -2.18. The van der Waals surface area contributed by atoms with Gasteiger partial charge in [-0.25, -0.2) is 0 Å². The molecule has 1 N–H and O–H groups in total. The highest BCUT2D eigenvalue weighted by Crippen LogP contribution is 2.35. The molecule has 0 aliphatic carbocycles. The number of carbonyl (C=O) groups is 1. The van der Waals surface area contributed by atoms with Crippen LogP contribution in [0.15, 0.2) is 42.5 Å². The van der Waals surface area contributed by atoms with Crippen LogP contribution in [0.25, 0.3) is 0 Å². The average molecular weight is 361 g/mol. The maximum absolute atomic E-state index is 12.9. The monoisotopic (exact) mass is 361 g/mol. The Balaban J connectivity index is 2.10. The van der Waals surface area contributed by atoms with Crippen molar-refractivity contribution in [3.8, 4) is 6.07 Å². The van der Waals surface area contributed by atoms with E-state index in [0.717, 1.165) is 17.7 Å². The summed E-state index contributed by atoms with van der Waals surface area (Å²) in [6.07, 6.45) is -3.93. The van der Waals surface area contributed by atoms with Gasteiger partial charge in [0.25, 0.3) is 0 Å². The van der Waals surface area contributed by atoms with E-state index in [1.54, 1.807) is 43.3 Å². The van der Waals surface area contributed by atoms with Crippen molar-refractivity contribution >= 4 is 17.3 Å². The second-order valence-corrected chi connectivity index (χ2v) is 5.98. The van der Waals surface area contributed by atoms with Crippen molar-refractivity contribution in [1.29, 1.82) is 5.26 Å². The molecule has 7 heteroatoms. The topological polar surface area (TPSA) is 56.1 Å². The van der Waals surface area contributed by atoms with Crippen LogP contribution >= 0.6 is 0 Å². The first-order chi connectivity index (χ1) is 12.2. The number of halogens is 3. The van der Waals surface area contributed by atoms with Crippen LogP contribution in [0.4, 0.5) is 24.5 Å². The van der Waals surface area contributed by atoms with Crippen molar-refractivity contribution < 1.29 is 18.0 Å². The van der Waals surface area contributed by atoms with E-state index in [4.69, 9.17) is 5.26 Å². The predicted molar refractivity (Wildman–Crippen MR) is 93.9 cm³/mol. The molecule has 0 fully saturated rings. The van der Waals surface area contributed by atoms with Crippen LogP contribution < -0.4 is 10.2 Å². The number of nitrogens with one attached hydrogen (secondary N) is 1. The maximum atomic E-state index is 12.9. The molecule has 2 aromatic rings. The van der Waals surface area contributed by atoms with Crippen LogP contribution in [0.5, 0.6) is 0 Å². The Morgan fingerprint density at radius 1 is 1.15 bits per heavy atom. The highest BCUT2D eigenvalue weighted by atomic mass is 19.4. The van der Waals surface area contributed by atoms with Gasteiger partial charge in [-0.2, -0.15) is 18.4 Å². The van der Waals surface area contributed by atoms with Gasteiger partial charge in [0.2, 0.25) is 5.91 Å². The molecule has 26 heavy (non-hydrogen) atoms. The number of nitriles is 1.